The van der Waals surface area contributed by atoms with E-state index in [0.29, 0.717) is 6.04 Å². The van der Waals surface area contributed by atoms with Gasteiger partial charge in [0.15, 0.2) is 0 Å². The molecule has 0 saturated carbocycles. The minimum Gasteiger partial charge on any atom is -0.380 e. The first kappa shape index (κ1) is 16.2. The molecule has 0 aromatic heterocycles. The summed E-state index contributed by atoms with van der Waals surface area (Å²) in [5, 5.41) is 3.48. The van der Waals surface area contributed by atoms with Gasteiger partial charge in [-0.1, -0.05) is 44.2 Å². The first-order chi connectivity index (χ1) is 10.2. The van der Waals surface area contributed by atoms with Crippen molar-refractivity contribution in [2.24, 2.45) is 0 Å². The van der Waals surface area contributed by atoms with Crippen molar-refractivity contribution in [2.75, 3.05) is 26.8 Å². The van der Waals surface area contributed by atoms with E-state index in [9.17, 15) is 0 Å². The van der Waals surface area contributed by atoms with Gasteiger partial charge < -0.3 is 10.1 Å². The molecule has 0 bridgehead atoms. The minimum atomic E-state index is 0.528. The lowest BCUT2D eigenvalue weighted by atomic mass is 10.1. The Bertz CT molecular complexity index is 468. The van der Waals surface area contributed by atoms with Crippen molar-refractivity contribution in [1.29, 1.82) is 0 Å². The molecule has 0 fully saturated rings. The maximum atomic E-state index is 5.20. The summed E-state index contributed by atoms with van der Waals surface area (Å²) in [5.41, 5.74) is 4.21. The molecular weight excluding hydrogens is 260 g/mol. The summed E-state index contributed by atoms with van der Waals surface area (Å²) < 4.78 is 5.20. The summed E-state index contributed by atoms with van der Waals surface area (Å²) >= 11 is 0. The van der Waals surface area contributed by atoms with Crippen molar-refractivity contribution in [2.45, 2.75) is 39.4 Å². The summed E-state index contributed by atoms with van der Waals surface area (Å²) in [6, 6.07) is 9.45. The van der Waals surface area contributed by atoms with Crippen LogP contribution in [-0.4, -0.2) is 37.7 Å². The fraction of sp³-hybridized carbons (Fsp3) is 0.556. The van der Waals surface area contributed by atoms with Gasteiger partial charge in [-0.2, -0.15) is 0 Å². The van der Waals surface area contributed by atoms with Gasteiger partial charge in [-0.3, -0.25) is 4.90 Å². The topological polar surface area (TPSA) is 24.5 Å². The number of rotatable bonds is 7. The number of nitrogens with one attached hydrogen (secondary N) is 1. The van der Waals surface area contributed by atoms with Gasteiger partial charge in [-0.05, 0) is 23.1 Å². The zero-order valence-corrected chi connectivity index (χ0v) is 13.6. The van der Waals surface area contributed by atoms with Crippen molar-refractivity contribution >= 4 is 0 Å². The highest BCUT2D eigenvalue weighted by Crippen LogP contribution is 2.15. The standard InChI is InChI=1S/C18H28N2O/c1-15(2)19-12-17-5-4-6-18(11-17)13-20-9-7-16(8-10-20)14-21-3/h4-7,11,15,19H,8-10,12-14H2,1-3H3. The molecule has 3 heteroatoms. The maximum Gasteiger partial charge on any atom is 0.0673 e. The minimum absolute atomic E-state index is 0.528. The second kappa shape index (κ2) is 8.32. The lowest BCUT2D eigenvalue weighted by molar-refractivity contribution is 0.210. The molecule has 1 heterocycles. The number of benzene rings is 1. The Labute approximate surface area is 129 Å². The zero-order valence-electron chi connectivity index (χ0n) is 13.6. The highest BCUT2D eigenvalue weighted by atomic mass is 16.5. The summed E-state index contributed by atoms with van der Waals surface area (Å²) in [6.45, 7) is 9.29. The molecule has 3 nitrogen and oxygen atoms in total. The Balaban J connectivity index is 1.87. The average Bonchev–Trinajstić information content (AvgIpc) is 2.48. The fourth-order valence-electron chi connectivity index (χ4n) is 2.63. The van der Waals surface area contributed by atoms with Crippen LogP contribution >= 0.6 is 0 Å². The summed E-state index contributed by atoms with van der Waals surface area (Å²) in [4.78, 5) is 2.49. The molecule has 116 valence electrons. The van der Waals surface area contributed by atoms with Crippen LogP contribution in [0.2, 0.25) is 0 Å². The number of hydrogen-bond acceptors (Lipinski definition) is 3. The summed E-state index contributed by atoms with van der Waals surface area (Å²) in [5.74, 6) is 0. The first-order valence-electron chi connectivity index (χ1n) is 7.88. The molecule has 1 aromatic rings. The number of hydrogen-bond donors (Lipinski definition) is 1. The van der Waals surface area contributed by atoms with Gasteiger partial charge in [-0.15, -0.1) is 0 Å². The van der Waals surface area contributed by atoms with E-state index in [2.05, 4.69) is 54.4 Å². The van der Waals surface area contributed by atoms with Gasteiger partial charge in [0.25, 0.3) is 0 Å². The molecule has 0 spiro atoms. The van der Waals surface area contributed by atoms with Crippen LogP contribution in [0.15, 0.2) is 35.9 Å². The second-order valence-electron chi connectivity index (χ2n) is 6.14. The van der Waals surface area contributed by atoms with E-state index in [1.165, 1.54) is 16.7 Å². The average molecular weight is 288 g/mol. The Morgan fingerprint density at radius 2 is 2.10 bits per heavy atom. The highest BCUT2D eigenvalue weighted by molar-refractivity contribution is 5.24. The predicted octanol–water partition coefficient (Wildman–Crippen LogP) is 2.96. The molecular formula is C18H28N2O. The molecule has 21 heavy (non-hydrogen) atoms. The monoisotopic (exact) mass is 288 g/mol. The Morgan fingerprint density at radius 3 is 2.76 bits per heavy atom. The molecule has 1 aliphatic heterocycles. The van der Waals surface area contributed by atoms with E-state index in [1.54, 1.807) is 7.11 Å². The number of nitrogens with zero attached hydrogens (tertiary/aromatic N) is 1. The van der Waals surface area contributed by atoms with Crippen LogP contribution in [0.1, 0.15) is 31.4 Å². The smallest absolute Gasteiger partial charge is 0.0673 e. The normalized spacial score (nSPS) is 16.3. The number of ether oxygens (including phenoxy) is 1. The second-order valence-corrected chi connectivity index (χ2v) is 6.14. The van der Waals surface area contributed by atoms with Crippen LogP contribution in [0.3, 0.4) is 0 Å². The van der Waals surface area contributed by atoms with E-state index < -0.39 is 0 Å². The summed E-state index contributed by atoms with van der Waals surface area (Å²) in [7, 11) is 1.77. The third-order valence-electron chi connectivity index (χ3n) is 3.83. The first-order valence-corrected chi connectivity index (χ1v) is 7.88. The molecule has 1 aromatic carbocycles. The van der Waals surface area contributed by atoms with E-state index in [4.69, 9.17) is 4.74 Å². The third kappa shape index (κ3) is 5.62. The highest BCUT2D eigenvalue weighted by Gasteiger charge is 2.12. The van der Waals surface area contributed by atoms with Crippen LogP contribution in [-0.2, 0) is 17.8 Å². The molecule has 0 aliphatic carbocycles. The van der Waals surface area contributed by atoms with Crippen molar-refractivity contribution in [3.63, 3.8) is 0 Å². The Kier molecular flexibility index (Phi) is 6.43. The molecule has 1 aliphatic rings. The van der Waals surface area contributed by atoms with Crippen LogP contribution in [0.25, 0.3) is 0 Å². The van der Waals surface area contributed by atoms with Gasteiger partial charge in [-0.25, -0.2) is 0 Å². The van der Waals surface area contributed by atoms with E-state index in [1.807, 2.05) is 0 Å². The van der Waals surface area contributed by atoms with E-state index in [0.717, 1.165) is 39.2 Å². The Hall–Kier alpha value is -1.16. The van der Waals surface area contributed by atoms with Gasteiger partial charge in [0.1, 0.15) is 0 Å². The molecule has 0 atom stereocenters. The quantitative estimate of drug-likeness (QED) is 0.781. The van der Waals surface area contributed by atoms with Gasteiger partial charge in [0.2, 0.25) is 0 Å². The van der Waals surface area contributed by atoms with Crippen molar-refractivity contribution in [3.05, 3.63) is 47.0 Å². The van der Waals surface area contributed by atoms with E-state index >= 15 is 0 Å². The SMILES string of the molecule is COCC1=CCN(Cc2cccc(CNC(C)C)c2)CC1. The third-order valence-corrected chi connectivity index (χ3v) is 3.83. The van der Waals surface area contributed by atoms with Crippen molar-refractivity contribution in [1.82, 2.24) is 10.2 Å². The Morgan fingerprint density at radius 1 is 1.29 bits per heavy atom. The summed E-state index contributed by atoms with van der Waals surface area (Å²) in [6.07, 6.45) is 3.44. The lowest BCUT2D eigenvalue weighted by Crippen LogP contribution is -2.29. The number of methoxy groups -OCH3 is 1. The van der Waals surface area contributed by atoms with Gasteiger partial charge in [0, 0.05) is 39.3 Å². The predicted molar refractivity (Wildman–Crippen MR) is 88.3 cm³/mol. The molecule has 0 unspecified atom stereocenters. The molecule has 1 N–H and O–H groups in total. The molecule has 0 amide bonds. The maximum absolute atomic E-state index is 5.20. The van der Waals surface area contributed by atoms with Crippen molar-refractivity contribution in [3.8, 4) is 0 Å². The van der Waals surface area contributed by atoms with E-state index in [-0.39, 0.29) is 0 Å². The largest absolute Gasteiger partial charge is 0.380 e. The van der Waals surface area contributed by atoms with Crippen LogP contribution < -0.4 is 5.32 Å². The molecule has 2 rings (SSSR count). The zero-order chi connectivity index (χ0) is 15.1. The molecule has 0 saturated heterocycles. The van der Waals surface area contributed by atoms with Crippen molar-refractivity contribution < 1.29 is 4.74 Å². The molecule has 0 radical (unpaired) electrons. The van der Waals surface area contributed by atoms with Gasteiger partial charge >= 0.3 is 0 Å². The van der Waals surface area contributed by atoms with Crippen LogP contribution in [0, 0.1) is 0 Å². The fourth-order valence-corrected chi connectivity index (χ4v) is 2.63. The lowest BCUT2D eigenvalue weighted by Gasteiger charge is -2.26. The van der Waals surface area contributed by atoms with Gasteiger partial charge in [0.05, 0.1) is 6.61 Å². The van der Waals surface area contributed by atoms with Crippen LogP contribution in [0.4, 0.5) is 0 Å². The van der Waals surface area contributed by atoms with Crippen LogP contribution in [0.5, 0.6) is 0 Å².